The van der Waals surface area contributed by atoms with E-state index in [1.165, 1.54) is 11.1 Å². The molecule has 2 heterocycles. The van der Waals surface area contributed by atoms with Crippen LogP contribution in [0.1, 0.15) is 34.7 Å². The number of rotatable bonds is 5. The summed E-state index contributed by atoms with van der Waals surface area (Å²) in [7, 11) is 0. The molecule has 1 unspecified atom stereocenters. The lowest BCUT2D eigenvalue weighted by molar-refractivity contribution is 0.357. The lowest BCUT2D eigenvalue weighted by atomic mass is 9.98. The third-order valence-corrected chi connectivity index (χ3v) is 3.98. The van der Waals surface area contributed by atoms with Gasteiger partial charge in [0.25, 0.3) is 0 Å². The number of nitrogens with two attached hydrogens (primary N) is 1. The van der Waals surface area contributed by atoms with Gasteiger partial charge >= 0.3 is 0 Å². The summed E-state index contributed by atoms with van der Waals surface area (Å²) in [6.07, 6.45) is 6.69. The molecular weight excluding hydrogens is 262 g/mol. The molecule has 0 spiro atoms. The Balaban J connectivity index is 1.68. The first-order chi connectivity index (χ1) is 10.3. The van der Waals surface area contributed by atoms with Gasteiger partial charge in [-0.1, -0.05) is 18.2 Å². The fraction of sp³-hybridized carbons (Fsp3) is 0.353. The molecule has 1 aromatic carbocycles. The van der Waals surface area contributed by atoms with Crippen molar-refractivity contribution in [2.75, 3.05) is 6.61 Å². The smallest absolute Gasteiger partial charge is 0.122 e. The van der Waals surface area contributed by atoms with E-state index in [1.54, 1.807) is 0 Å². The second-order valence-electron chi connectivity index (χ2n) is 5.59. The number of nitrogens with zero attached hydrogens (tertiary/aromatic N) is 1. The third kappa shape index (κ3) is 3.23. The first kappa shape index (κ1) is 14.0. The number of hydrogen-bond donors (Lipinski definition) is 2. The fourth-order valence-electron chi connectivity index (χ4n) is 2.82. The molecule has 4 heteroatoms. The van der Waals surface area contributed by atoms with Gasteiger partial charge in [0.05, 0.1) is 6.61 Å². The van der Waals surface area contributed by atoms with Gasteiger partial charge in [0.15, 0.2) is 0 Å². The Morgan fingerprint density at radius 3 is 3.05 bits per heavy atom. The Bertz CT molecular complexity index is 627. The molecule has 0 radical (unpaired) electrons. The number of hydrazine groups is 1. The Morgan fingerprint density at radius 1 is 1.33 bits per heavy atom. The topological polar surface area (TPSA) is 60.2 Å². The van der Waals surface area contributed by atoms with Gasteiger partial charge in [0.1, 0.15) is 5.75 Å². The molecule has 2 aromatic rings. The quantitative estimate of drug-likeness (QED) is 0.653. The van der Waals surface area contributed by atoms with Crippen LogP contribution < -0.4 is 16.0 Å². The van der Waals surface area contributed by atoms with Crippen LogP contribution in [-0.4, -0.2) is 11.6 Å². The molecule has 0 aliphatic carbocycles. The Morgan fingerprint density at radius 2 is 2.24 bits per heavy atom. The molecule has 110 valence electrons. The normalized spacial score (nSPS) is 14.6. The van der Waals surface area contributed by atoms with Crippen LogP contribution in [0.5, 0.6) is 5.75 Å². The maximum Gasteiger partial charge on any atom is 0.122 e. The summed E-state index contributed by atoms with van der Waals surface area (Å²) in [5.41, 5.74) is 7.85. The molecular formula is C17H21N3O. The number of aromatic nitrogens is 1. The highest BCUT2D eigenvalue weighted by Crippen LogP contribution is 2.27. The van der Waals surface area contributed by atoms with Gasteiger partial charge < -0.3 is 4.74 Å². The van der Waals surface area contributed by atoms with Crippen molar-refractivity contribution < 1.29 is 4.74 Å². The predicted molar refractivity (Wildman–Crippen MR) is 83.0 cm³/mol. The molecule has 1 aromatic heterocycles. The van der Waals surface area contributed by atoms with Crippen molar-refractivity contribution in [2.45, 2.75) is 32.2 Å². The van der Waals surface area contributed by atoms with Crippen LogP contribution in [0.3, 0.4) is 0 Å². The highest BCUT2D eigenvalue weighted by atomic mass is 16.5. The molecule has 3 rings (SSSR count). The van der Waals surface area contributed by atoms with Crippen LogP contribution in [-0.2, 0) is 12.8 Å². The minimum atomic E-state index is 0.127. The molecule has 1 aliphatic rings. The number of pyridine rings is 1. The third-order valence-electron chi connectivity index (χ3n) is 3.98. The maximum absolute atomic E-state index is 5.71. The van der Waals surface area contributed by atoms with Gasteiger partial charge in [0.2, 0.25) is 0 Å². The molecule has 3 N–H and O–H groups in total. The van der Waals surface area contributed by atoms with Crippen LogP contribution in [0.2, 0.25) is 0 Å². The molecule has 1 atom stereocenters. The lowest BCUT2D eigenvalue weighted by Gasteiger charge is -2.16. The van der Waals surface area contributed by atoms with Gasteiger partial charge in [-0.05, 0) is 48.1 Å². The number of benzene rings is 1. The largest absolute Gasteiger partial charge is 0.493 e. The number of hydrogen-bond acceptors (Lipinski definition) is 4. The molecule has 0 saturated carbocycles. The van der Waals surface area contributed by atoms with E-state index in [2.05, 4.69) is 34.7 Å². The summed E-state index contributed by atoms with van der Waals surface area (Å²) < 4.78 is 5.54. The zero-order chi connectivity index (χ0) is 14.7. The molecule has 0 saturated heterocycles. The van der Waals surface area contributed by atoms with Crippen LogP contribution >= 0.6 is 0 Å². The summed E-state index contributed by atoms with van der Waals surface area (Å²) >= 11 is 0. The van der Waals surface area contributed by atoms with Gasteiger partial charge in [0, 0.05) is 24.9 Å². The van der Waals surface area contributed by atoms with E-state index < -0.39 is 0 Å². The van der Waals surface area contributed by atoms with Crippen molar-refractivity contribution in [3.8, 4) is 5.75 Å². The molecule has 0 fully saturated rings. The molecule has 4 nitrogen and oxygen atoms in total. The number of aryl methyl sites for hydroxylation is 2. The number of nitrogens with one attached hydrogen (secondary N) is 1. The first-order valence-corrected chi connectivity index (χ1v) is 7.38. The molecule has 0 amide bonds. The molecule has 0 bridgehead atoms. The van der Waals surface area contributed by atoms with Gasteiger partial charge in [-0.15, -0.1) is 0 Å². The van der Waals surface area contributed by atoms with Crippen molar-refractivity contribution >= 4 is 0 Å². The van der Waals surface area contributed by atoms with Gasteiger partial charge in [-0.3, -0.25) is 16.3 Å². The molecule has 21 heavy (non-hydrogen) atoms. The fourth-order valence-corrected chi connectivity index (χ4v) is 2.82. The van der Waals surface area contributed by atoms with E-state index in [0.29, 0.717) is 0 Å². The summed E-state index contributed by atoms with van der Waals surface area (Å²) in [6, 6.07) is 8.74. The van der Waals surface area contributed by atoms with E-state index in [4.69, 9.17) is 10.6 Å². The van der Waals surface area contributed by atoms with Crippen molar-refractivity contribution in [3.63, 3.8) is 0 Å². The minimum Gasteiger partial charge on any atom is -0.493 e. The zero-order valence-electron chi connectivity index (χ0n) is 12.3. The number of fused-ring (bicyclic) bond motifs is 1. The van der Waals surface area contributed by atoms with Gasteiger partial charge in [-0.2, -0.15) is 0 Å². The summed E-state index contributed by atoms with van der Waals surface area (Å²) in [5, 5.41) is 0. The van der Waals surface area contributed by atoms with E-state index >= 15 is 0 Å². The van der Waals surface area contributed by atoms with Gasteiger partial charge in [-0.25, -0.2) is 0 Å². The summed E-state index contributed by atoms with van der Waals surface area (Å²) in [4.78, 5) is 4.24. The second kappa shape index (κ2) is 6.24. The van der Waals surface area contributed by atoms with E-state index in [0.717, 1.165) is 42.7 Å². The van der Waals surface area contributed by atoms with E-state index in [9.17, 15) is 0 Å². The Hall–Kier alpha value is -1.91. The monoisotopic (exact) mass is 283 g/mol. The van der Waals surface area contributed by atoms with Crippen molar-refractivity contribution in [1.82, 2.24) is 10.4 Å². The van der Waals surface area contributed by atoms with E-state index in [-0.39, 0.29) is 6.04 Å². The minimum absolute atomic E-state index is 0.127. The second-order valence-corrected chi connectivity index (χ2v) is 5.59. The average molecular weight is 283 g/mol. The maximum atomic E-state index is 5.71. The van der Waals surface area contributed by atoms with Crippen LogP contribution in [0.25, 0.3) is 0 Å². The standard InChI is InChI=1S/C17H21N3O/c1-12-8-15(11-19-10-12)16(20-18)4-2-13-3-5-17-14(9-13)6-7-21-17/h3,5,8-11,16,20H,2,4,6-7,18H2,1H3. The SMILES string of the molecule is Cc1cncc(C(CCc2ccc3c(c2)CCO3)NN)c1. The number of ether oxygens (including phenoxy) is 1. The summed E-state index contributed by atoms with van der Waals surface area (Å²) in [5.74, 6) is 6.75. The van der Waals surface area contributed by atoms with Crippen molar-refractivity contribution in [2.24, 2.45) is 5.84 Å². The molecule has 1 aliphatic heterocycles. The van der Waals surface area contributed by atoms with Crippen molar-refractivity contribution in [1.29, 1.82) is 0 Å². The lowest BCUT2D eigenvalue weighted by Crippen LogP contribution is -2.28. The van der Waals surface area contributed by atoms with Crippen LogP contribution in [0, 0.1) is 6.92 Å². The summed E-state index contributed by atoms with van der Waals surface area (Å²) in [6.45, 7) is 2.85. The Kier molecular flexibility index (Phi) is 4.18. The first-order valence-electron chi connectivity index (χ1n) is 7.38. The van der Waals surface area contributed by atoms with Crippen LogP contribution in [0.15, 0.2) is 36.7 Å². The zero-order valence-corrected chi connectivity index (χ0v) is 12.3. The highest BCUT2D eigenvalue weighted by molar-refractivity contribution is 5.39. The van der Waals surface area contributed by atoms with Crippen LogP contribution in [0.4, 0.5) is 0 Å². The average Bonchev–Trinajstić information content (AvgIpc) is 2.95. The van der Waals surface area contributed by atoms with E-state index in [1.807, 2.05) is 19.3 Å². The highest BCUT2D eigenvalue weighted by Gasteiger charge is 2.14. The van der Waals surface area contributed by atoms with Crippen molar-refractivity contribution in [3.05, 3.63) is 58.9 Å². The Labute approximate surface area is 125 Å². The predicted octanol–water partition coefficient (Wildman–Crippen LogP) is 2.46.